The van der Waals surface area contributed by atoms with E-state index < -0.39 is 0 Å². The van der Waals surface area contributed by atoms with Gasteiger partial charge in [-0.05, 0) is 0 Å². The van der Waals surface area contributed by atoms with Crippen molar-refractivity contribution in [1.29, 1.82) is 0 Å². The van der Waals surface area contributed by atoms with Crippen molar-refractivity contribution in [3.8, 4) is 0 Å². The molecule has 0 radical (unpaired) electrons. The lowest BCUT2D eigenvalue weighted by Gasteiger charge is -2.02. The molecule has 4 heteroatoms. The van der Waals surface area contributed by atoms with Crippen LogP contribution < -0.4 is 10.9 Å². The monoisotopic (exact) mass is 165 g/mol. The van der Waals surface area contributed by atoms with Crippen molar-refractivity contribution < 1.29 is 5.21 Å². The summed E-state index contributed by atoms with van der Waals surface area (Å²) in [5.41, 5.74) is 5.42. The van der Waals surface area contributed by atoms with Crippen molar-refractivity contribution >= 4 is 5.84 Å². The van der Waals surface area contributed by atoms with Crippen LogP contribution in [0.15, 0.2) is 35.4 Å². The van der Waals surface area contributed by atoms with Gasteiger partial charge in [-0.2, -0.15) is 5.10 Å². The fourth-order valence-electron chi connectivity index (χ4n) is 0.862. The first-order valence-electron chi connectivity index (χ1n) is 3.58. The summed E-state index contributed by atoms with van der Waals surface area (Å²) in [5.74, 6) is 0.401. The van der Waals surface area contributed by atoms with E-state index in [1.165, 1.54) is 0 Å². The molecule has 0 heterocycles. The number of amidine groups is 1. The van der Waals surface area contributed by atoms with Gasteiger partial charge in [-0.1, -0.05) is 30.3 Å². The van der Waals surface area contributed by atoms with Gasteiger partial charge in [-0.15, -0.1) is 0 Å². The zero-order chi connectivity index (χ0) is 8.81. The van der Waals surface area contributed by atoms with E-state index in [0.717, 1.165) is 5.56 Å². The average molecular weight is 165 g/mol. The summed E-state index contributed by atoms with van der Waals surface area (Å²) in [5, 5.41) is 12.5. The second kappa shape index (κ2) is 4.35. The molecule has 1 rings (SSSR count). The highest BCUT2D eigenvalue weighted by molar-refractivity contribution is 5.97. The predicted molar refractivity (Wildman–Crippen MR) is 47.0 cm³/mol. The lowest BCUT2D eigenvalue weighted by molar-refractivity contribution is 0.234. The fourth-order valence-corrected chi connectivity index (χ4v) is 0.862. The molecular weight excluding hydrogens is 154 g/mol. The van der Waals surface area contributed by atoms with Gasteiger partial charge in [0.1, 0.15) is 0 Å². The van der Waals surface area contributed by atoms with Gasteiger partial charge in [0.2, 0.25) is 0 Å². The highest BCUT2D eigenvalue weighted by Crippen LogP contribution is 1.97. The molecule has 0 unspecified atom stereocenters. The molecule has 0 saturated heterocycles. The summed E-state index contributed by atoms with van der Waals surface area (Å²) in [6.07, 6.45) is 0. The summed E-state index contributed by atoms with van der Waals surface area (Å²) in [7, 11) is 1.67. The van der Waals surface area contributed by atoms with Crippen molar-refractivity contribution in [3.63, 3.8) is 0 Å². The standard InChI is InChI=1S/C8H11N3O/c1-9-10-8(11-12)7-5-3-2-4-6-7/h2-6,9,12H,1H3,(H,10,11). The smallest absolute Gasteiger partial charge is 0.176 e. The number of hydrazone groups is 1. The van der Waals surface area contributed by atoms with Crippen LogP contribution in [-0.4, -0.2) is 18.1 Å². The van der Waals surface area contributed by atoms with E-state index in [-0.39, 0.29) is 0 Å². The van der Waals surface area contributed by atoms with Gasteiger partial charge >= 0.3 is 0 Å². The van der Waals surface area contributed by atoms with Gasteiger partial charge in [0.15, 0.2) is 5.84 Å². The molecule has 0 atom stereocenters. The topological polar surface area (TPSA) is 56.7 Å². The lowest BCUT2D eigenvalue weighted by Crippen LogP contribution is -2.22. The van der Waals surface area contributed by atoms with Gasteiger partial charge in [-0.3, -0.25) is 10.7 Å². The number of hydrogen-bond donors (Lipinski definition) is 3. The maximum absolute atomic E-state index is 8.69. The molecule has 0 amide bonds. The number of nitrogens with one attached hydrogen (secondary N) is 2. The molecule has 0 bridgehead atoms. The number of rotatable bonds is 2. The van der Waals surface area contributed by atoms with Gasteiger partial charge < -0.3 is 5.43 Å². The molecule has 12 heavy (non-hydrogen) atoms. The molecule has 1 aromatic rings. The maximum Gasteiger partial charge on any atom is 0.176 e. The zero-order valence-electron chi connectivity index (χ0n) is 6.78. The summed E-state index contributed by atoms with van der Waals surface area (Å²) >= 11 is 0. The lowest BCUT2D eigenvalue weighted by atomic mass is 10.2. The summed E-state index contributed by atoms with van der Waals surface area (Å²) in [4.78, 5) is 0. The highest BCUT2D eigenvalue weighted by Gasteiger charge is 1.98. The Morgan fingerprint density at radius 1 is 1.33 bits per heavy atom. The molecule has 0 aliphatic carbocycles. The van der Waals surface area contributed by atoms with Crippen molar-refractivity contribution in [2.45, 2.75) is 0 Å². The molecular formula is C8H11N3O. The quantitative estimate of drug-likeness (QED) is 0.340. The first-order valence-corrected chi connectivity index (χ1v) is 3.58. The van der Waals surface area contributed by atoms with E-state index in [1.807, 2.05) is 35.8 Å². The van der Waals surface area contributed by atoms with Crippen LogP contribution in [0.3, 0.4) is 0 Å². The van der Waals surface area contributed by atoms with Crippen LogP contribution in [0.5, 0.6) is 0 Å². The van der Waals surface area contributed by atoms with Crippen LogP contribution >= 0.6 is 0 Å². The third-order valence-corrected chi connectivity index (χ3v) is 1.38. The predicted octanol–water partition coefficient (Wildman–Crippen LogP) is 0.546. The average Bonchev–Trinajstić information content (AvgIpc) is 2.15. The third-order valence-electron chi connectivity index (χ3n) is 1.38. The maximum atomic E-state index is 8.69. The minimum Gasteiger partial charge on any atom is -0.311 e. The van der Waals surface area contributed by atoms with E-state index in [2.05, 4.69) is 10.5 Å². The van der Waals surface area contributed by atoms with Gasteiger partial charge in [0.25, 0.3) is 0 Å². The van der Waals surface area contributed by atoms with E-state index in [4.69, 9.17) is 5.21 Å². The summed E-state index contributed by atoms with van der Waals surface area (Å²) in [6.45, 7) is 0. The van der Waals surface area contributed by atoms with Crippen LogP contribution in [0.4, 0.5) is 0 Å². The molecule has 0 aromatic heterocycles. The van der Waals surface area contributed by atoms with E-state index in [0.29, 0.717) is 5.84 Å². The zero-order valence-corrected chi connectivity index (χ0v) is 6.78. The van der Waals surface area contributed by atoms with Crippen LogP contribution in [-0.2, 0) is 0 Å². The molecule has 0 saturated carbocycles. The molecule has 1 aromatic carbocycles. The minimum absolute atomic E-state index is 0.401. The number of benzene rings is 1. The summed E-state index contributed by atoms with van der Waals surface area (Å²) in [6, 6.07) is 9.34. The Bertz CT molecular complexity index is 258. The van der Waals surface area contributed by atoms with Crippen molar-refractivity contribution in [2.75, 3.05) is 7.05 Å². The molecule has 4 nitrogen and oxygen atoms in total. The number of hydrogen-bond acceptors (Lipinski definition) is 3. The van der Waals surface area contributed by atoms with Gasteiger partial charge in [0.05, 0.1) is 0 Å². The van der Waals surface area contributed by atoms with Crippen LogP contribution in [0.1, 0.15) is 5.56 Å². The molecule has 64 valence electrons. The molecule has 0 aliphatic heterocycles. The van der Waals surface area contributed by atoms with Gasteiger partial charge in [-0.25, -0.2) is 0 Å². The van der Waals surface area contributed by atoms with E-state index in [1.54, 1.807) is 7.05 Å². The largest absolute Gasteiger partial charge is 0.311 e. The van der Waals surface area contributed by atoms with Crippen molar-refractivity contribution in [3.05, 3.63) is 35.9 Å². The highest BCUT2D eigenvalue weighted by atomic mass is 16.5. The van der Waals surface area contributed by atoms with Crippen LogP contribution in [0.25, 0.3) is 0 Å². The number of hydroxylamine groups is 1. The fraction of sp³-hybridized carbons (Fsp3) is 0.125. The Labute approximate surface area is 70.9 Å². The second-order valence-electron chi connectivity index (χ2n) is 2.16. The molecule has 0 aliphatic rings. The van der Waals surface area contributed by atoms with Crippen LogP contribution in [0.2, 0.25) is 0 Å². The molecule has 0 spiro atoms. The Morgan fingerprint density at radius 2 is 2.00 bits per heavy atom. The number of nitrogens with zero attached hydrogens (tertiary/aromatic N) is 1. The Morgan fingerprint density at radius 3 is 2.50 bits per heavy atom. The van der Waals surface area contributed by atoms with E-state index >= 15 is 0 Å². The third kappa shape index (κ3) is 1.96. The van der Waals surface area contributed by atoms with Crippen molar-refractivity contribution in [2.24, 2.45) is 5.10 Å². The van der Waals surface area contributed by atoms with Gasteiger partial charge in [0, 0.05) is 12.6 Å². The summed E-state index contributed by atoms with van der Waals surface area (Å²) < 4.78 is 0. The van der Waals surface area contributed by atoms with Crippen molar-refractivity contribution in [1.82, 2.24) is 10.9 Å². The first-order chi connectivity index (χ1) is 5.88. The Kier molecular flexibility index (Phi) is 3.10. The Hall–Kier alpha value is -1.55. The van der Waals surface area contributed by atoms with E-state index in [9.17, 15) is 0 Å². The molecule has 3 N–H and O–H groups in total. The SMILES string of the molecule is CNN=C(NO)c1ccccc1. The Balaban J connectivity index is 2.88. The minimum atomic E-state index is 0.401. The normalized spacial score (nSPS) is 11.0. The van der Waals surface area contributed by atoms with Crippen LogP contribution in [0, 0.1) is 0 Å². The molecule has 0 fully saturated rings. The second-order valence-corrected chi connectivity index (χ2v) is 2.16. The first kappa shape index (κ1) is 8.55.